The lowest BCUT2D eigenvalue weighted by atomic mass is 9.98. The number of allylic oxidation sites excluding steroid dienone is 1. The second kappa shape index (κ2) is 4.72. The Labute approximate surface area is 111 Å². The first-order valence-corrected chi connectivity index (χ1v) is 6.31. The molecule has 0 saturated carbocycles. The minimum atomic E-state index is 0.103. The molecule has 0 spiro atoms. The molecule has 4 heteroatoms. The Kier molecular flexibility index (Phi) is 2.91. The lowest BCUT2D eigenvalue weighted by molar-refractivity contribution is -0.116. The minimum absolute atomic E-state index is 0.103. The zero-order valence-electron chi connectivity index (χ0n) is 10.8. The third kappa shape index (κ3) is 2.42. The van der Waals surface area contributed by atoms with Crippen LogP contribution in [0.15, 0.2) is 36.9 Å². The van der Waals surface area contributed by atoms with Crippen molar-refractivity contribution in [3.63, 3.8) is 0 Å². The number of amides is 1. The standard InChI is InChI=1S/C15H15N3O/c1-11(9-18-7-6-16-10-18)12-2-4-14-13(8-12)3-5-15(19)17-14/h2,4,6-10H,3,5H2,1H3,(H,17,19). The first kappa shape index (κ1) is 11.7. The highest BCUT2D eigenvalue weighted by molar-refractivity contribution is 5.94. The average molecular weight is 253 g/mol. The van der Waals surface area contributed by atoms with E-state index in [1.54, 1.807) is 12.5 Å². The number of nitrogens with zero attached hydrogens (tertiary/aromatic N) is 2. The molecule has 2 aromatic rings. The van der Waals surface area contributed by atoms with E-state index < -0.39 is 0 Å². The Morgan fingerprint density at radius 2 is 2.32 bits per heavy atom. The third-order valence-electron chi connectivity index (χ3n) is 3.32. The number of hydrogen-bond acceptors (Lipinski definition) is 2. The summed E-state index contributed by atoms with van der Waals surface area (Å²) in [5.41, 5.74) is 4.48. The molecule has 0 saturated heterocycles. The molecular formula is C15H15N3O. The molecule has 4 nitrogen and oxygen atoms in total. The maximum Gasteiger partial charge on any atom is 0.224 e. The number of benzene rings is 1. The zero-order valence-corrected chi connectivity index (χ0v) is 10.8. The Bertz CT molecular complexity index is 641. The van der Waals surface area contributed by atoms with Crippen molar-refractivity contribution >= 4 is 23.4 Å². The van der Waals surface area contributed by atoms with Gasteiger partial charge in [0.25, 0.3) is 0 Å². The monoisotopic (exact) mass is 253 g/mol. The molecule has 0 unspecified atom stereocenters. The minimum Gasteiger partial charge on any atom is -0.326 e. The van der Waals surface area contributed by atoms with Crippen molar-refractivity contribution in [2.24, 2.45) is 0 Å². The van der Waals surface area contributed by atoms with Gasteiger partial charge in [0.15, 0.2) is 0 Å². The Morgan fingerprint density at radius 3 is 3.11 bits per heavy atom. The molecule has 0 atom stereocenters. The molecule has 0 aliphatic carbocycles. The third-order valence-corrected chi connectivity index (χ3v) is 3.32. The van der Waals surface area contributed by atoms with Gasteiger partial charge in [-0.25, -0.2) is 4.98 Å². The second-order valence-corrected chi connectivity index (χ2v) is 4.74. The molecule has 3 rings (SSSR count). The van der Waals surface area contributed by atoms with Gasteiger partial charge < -0.3 is 9.88 Å². The number of carbonyl (C=O) groups is 1. The van der Waals surface area contributed by atoms with Gasteiger partial charge in [0, 0.05) is 30.7 Å². The highest BCUT2D eigenvalue weighted by Crippen LogP contribution is 2.26. The molecule has 0 bridgehead atoms. The van der Waals surface area contributed by atoms with Crippen molar-refractivity contribution in [3.05, 3.63) is 48.0 Å². The molecular weight excluding hydrogens is 238 g/mol. The van der Waals surface area contributed by atoms with Crippen LogP contribution in [0, 0.1) is 0 Å². The van der Waals surface area contributed by atoms with E-state index in [0.29, 0.717) is 6.42 Å². The number of nitrogens with one attached hydrogen (secondary N) is 1. The number of fused-ring (bicyclic) bond motifs is 1. The molecule has 1 amide bonds. The molecule has 1 aliphatic rings. The van der Waals surface area contributed by atoms with Gasteiger partial charge in [-0.1, -0.05) is 6.07 Å². The number of aryl methyl sites for hydroxylation is 1. The van der Waals surface area contributed by atoms with Gasteiger partial charge in [-0.05, 0) is 42.2 Å². The van der Waals surface area contributed by atoms with Crippen molar-refractivity contribution in [3.8, 4) is 0 Å². The van der Waals surface area contributed by atoms with Gasteiger partial charge in [0.05, 0.1) is 6.33 Å². The maximum absolute atomic E-state index is 11.3. The number of anilines is 1. The SMILES string of the molecule is CC(=Cn1ccnc1)c1ccc2c(c1)CCC(=O)N2. The molecule has 1 N–H and O–H groups in total. The van der Waals surface area contributed by atoms with Crippen LogP contribution in [0.1, 0.15) is 24.5 Å². The summed E-state index contributed by atoms with van der Waals surface area (Å²) in [6.45, 7) is 2.07. The van der Waals surface area contributed by atoms with Crippen molar-refractivity contribution in [2.45, 2.75) is 19.8 Å². The topological polar surface area (TPSA) is 46.9 Å². The van der Waals surface area contributed by atoms with E-state index in [1.807, 2.05) is 29.1 Å². The molecule has 1 aliphatic heterocycles. The van der Waals surface area contributed by atoms with Gasteiger partial charge in [0.1, 0.15) is 0 Å². The molecule has 2 heterocycles. The van der Waals surface area contributed by atoms with Gasteiger partial charge in [-0.15, -0.1) is 0 Å². The molecule has 0 fully saturated rings. The van der Waals surface area contributed by atoms with Gasteiger partial charge >= 0.3 is 0 Å². The molecule has 96 valence electrons. The Hall–Kier alpha value is -2.36. The van der Waals surface area contributed by atoms with Crippen molar-refractivity contribution < 1.29 is 4.79 Å². The summed E-state index contributed by atoms with van der Waals surface area (Å²) in [6, 6.07) is 6.16. The zero-order chi connectivity index (χ0) is 13.2. The molecule has 1 aromatic heterocycles. The number of imidazole rings is 1. The fourth-order valence-corrected chi connectivity index (χ4v) is 2.27. The lowest BCUT2D eigenvalue weighted by Crippen LogP contribution is -2.18. The first-order chi connectivity index (χ1) is 9.22. The predicted octanol–water partition coefficient (Wildman–Crippen LogP) is 2.79. The fraction of sp³-hybridized carbons (Fsp3) is 0.200. The Morgan fingerprint density at radius 1 is 1.42 bits per heavy atom. The van der Waals surface area contributed by atoms with Crippen molar-refractivity contribution in [1.29, 1.82) is 0 Å². The summed E-state index contributed by atoms with van der Waals surface area (Å²) in [7, 11) is 0. The van der Waals surface area contributed by atoms with Crippen LogP contribution in [-0.4, -0.2) is 15.5 Å². The summed E-state index contributed by atoms with van der Waals surface area (Å²) in [4.78, 5) is 15.3. The smallest absolute Gasteiger partial charge is 0.224 e. The van der Waals surface area contributed by atoms with E-state index in [9.17, 15) is 4.79 Å². The van der Waals surface area contributed by atoms with Crippen LogP contribution < -0.4 is 5.32 Å². The first-order valence-electron chi connectivity index (χ1n) is 6.31. The van der Waals surface area contributed by atoms with Crippen LogP contribution in [0.2, 0.25) is 0 Å². The van der Waals surface area contributed by atoms with E-state index in [4.69, 9.17) is 0 Å². The van der Waals surface area contributed by atoms with E-state index in [1.165, 1.54) is 11.1 Å². The lowest BCUT2D eigenvalue weighted by Gasteiger charge is -2.17. The van der Waals surface area contributed by atoms with Crippen LogP contribution in [0.3, 0.4) is 0 Å². The maximum atomic E-state index is 11.3. The van der Waals surface area contributed by atoms with Gasteiger partial charge in [-0.3, -0.25) is 4.79 Å². The van der Waals surface area contributed by atoms with E-state index in [0.717, 1.165) is 17.7 Å². The summed E-state index contributed by atoms with van der Waals surface area (Å²) in [6.07, 6.45) is 8.85. The summed E-state index contributed by atoms with van der Waals surface area (Å²) in [5.74, 6) is 0.103. The van der Waals surface area contributed by atoms with Crippen LogP contribution in [0.4, 0.5) is 5.69 Å². The van der Waals surface area contributed by atoms with Crippen LogP contribution in [0.5, 0.6) is 0 Å². The van der Waals surface area contributed by atoms with E-state index in [-0.39, 0.29) is 5.91 Å². The molecule has 1 aromatic carbocycles. The summed E-state index contributed by atoms with van der Waals surface area (Å²) >= 11 is 0. The fourth-order valence-electron chi connectivity index (χ4n) is 2.27. The van der Waals surface area contributed by atoms with Crippen molar-refractivity contribution in [2.75, 3.05) is 5.32 Å². The quantitative estimate of drug-likeness (QED) is 0.894. The summed E-state index contributed by atoms with van der Waals surface area (Å²) < 4.78 is 1.93. The highest BCUT2D eigenvalue weighted by Gasteiger charge is 2.14. The van der Waals surface area contributed by atoms with Gasteiger partial charge in [-0.2, -0.15) is 0 Å². The van der Waals surface area contributed by atoms with E-state index in [2.05, 4.69) is 23.3 Å². The van der Waals surface area contributed by atoms with Crippen molar-refractivity contribution in [1.82, 2.24) is 9.55 Å². The largest absolute Gasteiger partial charge is 0.326 e. The number of hydrogen-bond donors (Lipinski definition) is 1. The Balaban J connectivity index is 1.92. The van der Waals surface area contributed by atoms with E-state index >= 15 is 0 Å². The molecule has 0 radical (unpaired) electrons. The number of carbonyl (C=O) groups excluding carboxylic acids is 1. The second-order valence-electron chi connectivity index (χ2n) is 4.74. The normalized spacial score (nSPS) is 15.0. The van der Waals surface area contributed by atoms with Crippen LogP contribution in [0.25, 0.3) is 11.8 Å². The van der Waals surface area contributed by atoms with Crippen LogP contribution >= 0.6 is 0 Å². The van der Waals surface area contributed by atoms with Gasteiger partial charge in [0.2, 0.25) is 5.91 Å². The van der Waals surface area contributed by atoms with Crippen LogP contribution in [-0.2, 0) is 11.2 Å². The number of rotatable bonds is 2. The predicted molar refractivity (Wildman–Crippen MR) is 75.5 cm³/mol. The summed E-state index contributed by atoms with van der Waals surface area (Å²) in [5, 5.41) is 2.90. The highest BCUT2D eigenvalue weighted by atomic mass is 16.1. The number of aromatic nitrogens is 2. The average Bonchev–Trinajstić information content (AvgIpc) is 2.91. The molecule has 19 heavy (non-hydrogen) atoms.